The highest BCUT2D eigenvalue weighted by Gasteiger charge is 2.18. The van der Waals surface area contributed by atoms with Gasteiger partial charge in [-0.2, -0.15) is 0 Å². The van der Waals surface area contributed by atoms with Crippen molar-refractivity contribution in [2.75, 3.05) is 11.4 Å². The number of benzene rings is 1. The van der Waals surface area contributed by atoms with Crippen LogP contribution in [0.15, 0.2) is 29.6 Å². The Morgan fingerprint density at radius 2 is 2.10 bits per heavy atom. The quantitative estimate of drug-likeness (QED) is 0.936. The van der Waals surface area contributed by atoms with Gasteiger partial charge < -0.3 is 10.2 Å². The first kappa shape index (κ1) is 13.6. The standard InChI is InChI=1S/C16H21N3S/c1-12(2)17-9-15-11-20-16(18-15)19-8-7-13-5-3-4-6-14(13)10-19/h3-6,11-12,17H,7-10H2,1-2H3. The predicted molar refractivity (Wildman–Crippen MR) is 85.3 cm³/mol. The van der Waals surface area contributed by atoms with E-state index in [9.17, 15) is 0 Å². The summed E-state index contributed by atoms with van der Waals surface area (Å²) in [5.74, 6) is 0. The van der Waals surface area contributed by atoms with E-state index < -0.39 is 0 Å². The average Bonchev–Trinajstić information content (AvgIpc) is 2.93. The van der Waals surface area contributed by atoms with Crippen molar-refractivity contribution in [2.45, 2.75) is 39.4 Å². The van der Waals surface area contributed by atoms with Crippen molar-refractivity contribution in [3.63, 3.8) is 0 Å². The van der Waals surface area contributed by atoms with Crippen molar-refractivity contribution < 1.29 is 0 Å². The van der Waals surface area contributed by atoms with Crippen LogP contribution in [-0.2, 0) is 19.5 Å². The summed E-state index contributed by atoms with van der Waals surface area (Å²) in [6, 6.07) is 9.24. The molecule has 0 fully saturated rings. The maximum atomic E-state index is 4.76. The summed E-state index contributed by atoms with van der Waals surface area (Å²) < 4.78 is 0. The Labute approximate surface area is 124 Å². The van der Waals surface area contributed by atoms with Crippen molar-refractivity contribution >= 4 is 16.5 Å². The highest BCUT2D eigenvalue weighted by Crippen LogP contribution is 2.27. The van der Waals surface area contributed by atoms with Gasteiger partial charge in [0.1, 0.15) is 0 Å². The minimum absolute atomic E-state index is 0.502. The second-order valence-corrected chi connectivity index (χ2v) is 6.43. The van der Waals surface area contributed by atoms with E-state index in [-0.39, 0.29) is 0 Å². The zero-order valence-electron chi connectivity index (χ0n) is 12.1. The summed E-state index contributed by atoms with van der Waals surface area (Å²) in [4.78, 5) is 7.16. The SMILES string of the molecule is CC(C)NCc1csc(N2CCc3ccccc3C2)n1. The van der Waals surface area contributed by atoms with E-state index in [1.165, 1.54) is 11.1 Å². The maximum absolute atomic E-state index is 4.76. The Kier molecular flexibility index (Phi) is 4.03. The van der Waals surface area contributed by atoms with Gasteiger partial charge in [0, 0.05) is 31.1 Å². The Hall–Kier alpha value is -1.39. The maximum Gasteiger partial charge on any atom is 0.185 e. The normalized spacial score (nSPS) is 14.7. The van der Waals surface area contributed by atoms with E-state index in [0.717, 1.165) is 36.9 Å². The summed E-state index contributed by atoms with van der Waals surface area (Å²) in [5, 5.41) is 6.74. The molecule has 1 aromatic carbocycles. The van der Waals surface area contributed by atoms with Crippen LogP contribution in [0.1, 0.15) is 30.7 Å². The molecule has 2 heterocycles. The highest BCUT2D eigenvalue weighted by atomic mass is 32.1. The van der Waals surface area contributed by atoms with E-state index in [1.54, 1.807) is 11.3 Å². The van der Waals surface area contributed by atoms with Gasteiger partial charge in [0.15, 0.2) is 5.13 Å². The van der Waals surface area contributed by atoms with Crippen LogP contribution in [-0.4, -0.2) is 17.6 Å². The largest absolute Gasteiger partial charge is 0.343 e. The van der Waals surface area contributed by atoms with Crippen LogP contribution in [0.5, 0.6) is 0 Å². The molecule has 3 nitrogen and oxygen atoms in total. The Morgan fingerprint density at radius 3 is 2.90 bits per heavy atom. The van der Waals surface area contributed by atoms with Gasteiger partial charge in [-0.05, 0) is 17.5 Å². The summed E-state index contributed by atoms with van der Waals surface area (Å²) >= 11 is 1.76. The Balaban J connectivity index is 1.69. The monoisotopic (exact) mass is 287 g/mol. The van der Waals surface area contributed by atoms with Crippen molar-refractivity contribution in [3.05, 3.63) is 46.5 Å². The molecule has 0 saturated carbocycles. The molecule has 0 aliphatic carbocycles. The lowest BCUT2D eigenvalue weighted by atomic mass is 10.0. The molecular formula is C16H21N3S. The first-order chi connectivity index (χ1) is 9.72. The minimum Gasteiger partial charge on any atom is -0.343 e. The molecule has 0 amide bonds. The highest BCUT2D eigenvalue weighted by molar-refractivity contribution is 7.13. The second-order valence-electron chi connectivity index (χ2n) is 5.60. The van der Waals surface area contributed by atoms with Crippen LogP contribution >= 0.6 is 11.3 Å². The van der Waals surface area contributed by atoms with Crippen LogP contribution in [0.4, 0.5) is 5.13 Å². The number of nitrogens with one attached hydrogen (secondary N) is 1. The van der Waals surface area contributed by atoms with Gasteiger partial charge in [0.2, 0.25) is 0 Å². The van der Waals surface area contributed by atoms with E-state index in [2.05, 4.69) is 53.7 Å². The van der Waals surface area contributed by atoms with E-state index >= 15 is 0 Å². The summed E-state index contributed by atoms with van der Waals surface area (Å²) in [7, 11) is 0. The van der Waals surface area contributed by atoms with Crippen molar-refractivity contribution in [2.24, 2.45) is 0 Å². The molecule has 0 radical (unpaired) electrons. The van der Waals surface area contributed by atoms with Crippen molar-refractivity contribution in [1.29, 1.82) is 0 Å². The zero-order valence-corrected chi connectivity index (χ0v) is 12.9. The fourth-order valence-corrected chi connectivity index (χ4v) is 3.34. The number of hydrogen-bond donors (Lipinski definition) is 1. The molecule has 2 aromatic rings. The fraction of sp³-hybridized carbons (Fsp3) is 0.438. The summed E-state index contributed by atoms with van der Waals surface area (Å²) in [5.41, 5.74) is 4.08. The van der Waals surface area contributed by atoms with Crippen LogP contribution in [0.2, 0.25) is 0 Å². The summed E-state index contributed by atoms with van der Waals surface area (Å²) in [6.07, 6.45) is 1.12. The van der Waals surface area contributed by atoms with Gasteiger partial charge in [-0.25, -0.2) is 4.98 Å². The van der Waals surface area contributed by atoms with Gasteiger partial charge in [-0.1, -0.05) is 38.1 Å². The van der Waals surface area contributed by atoms with Crippen LogP contribution < -0.4 is 10.2 Å². The molecule has 1 N–H and O–H groups in total. The van der Waals surface area contributed by atoms with E-state index in [0.29, 0.717) is 6.04 Å². The molecule has 106 valence electrons. The van der Waals surface area contributed by atoms with Crippen molar-refractivity contribution in [3.8, 4) is 0 Å². The van der Waals surface area contributed by atoms with Crippen LogP contribution in [0.3, 0.4) is 0 Å². The fourth-order valence-electron chi connectivity index (χ4n) is 2.49. The lowest BCUT2D eigenvalue weighted by molar-refractivity contribution is 0.582. The number of anilines is 1. The number of rotatable bonds is 4. The third-order valence-electron chi connectivity index (χ3n) is 3.63. The third-order valence-corrected chi connectivity index (χ3v) is 4.58. The number of fused-ring (bicyclic) bond motifs is 1. The molecule has 4 heteroatoms. The molecule has 1 aliphatic rings. The first-order valence-corrected chi connectivity index (χ1v) is 8.10. The van der Waals surface area contributed by atoms with Gasteiger partial charge in [0.25, 0.3) is 0 Å². The molecule has 0 unspecified atom stereocenters. The smallest absolute Gasteiger partial charge is 0.185 e. The topological polar surface area (TPSA) is 28.2 Å². The second kappa shape index (κ2) is 5.94. The van der Waals surface area contributed by atoms with Gasteiger partial charge in [-0.15, -0.1) is 11.3 Å². The third kappa shape index (κ3) is 3.02. The molecule has 20 heavy (non-hydrogen) atoms. The molecular weight excluding hydrogens is 266 g/mol. The van der Waals surface area contributed by atoms with Crippen molar-refractivity contribution in [1.82, 2.24) is 10.3 Å². The number of aromatic nitrogens is 1. The Bertz CT molecular complexity index is 577. The molecule has 0 atom stereocenters. The molecule has 3 rings (SSSR count). The lowest BCUT2D eigenvalue weighted by Gasteiger charge is -2.28. The molecule has 0 bridgehead atoms. The van der Waals surface area contributed by atoms with E-state index in [1.807, 2.05) is 0 Å². The average molecular weight is 287 g/mol. The van der Waals surface area contributed by atoms with Gasteiger partial charge in [0.05, 0.1) is 5.69 Å². The molecule has 1 aromatic heterocycles. The van der Waals surface area contributed by atoms with Gasteiger partial charge >= 0.3 is 0 Å². The van der Waals surface area contributed by atoms with E-state index in [4.69, 9.17) is 4.98 Å². The molecule has 0 saturated heterocycles. The molecule has 1 aliphatic heterocycles. The Morgan fingerprint density at radius 1 is 1.30 bits per heavy atom. The minimum atomic E-state index is 0.502. The number of hydrogen-bond acceptors (Lipinski definition) is 4. The number of nitrogens with zero attached hydrogens (tertiary/aromatic N) is 2. The lowest BCUT2D eigenvalue weighted by Crippen LogP contribution is -2.30. The van der Waals surface area contributed by atoms with Crippen LogP contribution in [0.25, 0.3) is 0 Å². The molecule has 0 spiro atoms. The van der Waals surface area contributed by atoms with Gasteiger partial charge in [-0.3, -0.25) is 0 Å². The first-order valence-electron chi connectivity index (χ1n) is 7.22. The predicted octanol–water partition coefficient (Wildman–Crippen LogP) is 3.20. The summed E-state index contributed by atoms with van der Waals surface area (Å²) in [6.45, 7) is 7.24. The zero-order chi connectivity index (χ0) is 13.9. The van der Waals surface area contributed by atoms with Crippen LogP contribution in [0, 0.1) is 0 Å². The number of thiazole rings is 1.